The van der Waals surface area contributed by atoms with E-state index in [1.165, 1.54) is 7.11 Å². The predicted molar refractivity (Wildman–Crippen MR) is 242 cm³/mol. The fourth-order valence-electron chi connectivity index (χ4n) is 8.46. The van der Waals surface area contributed by atoms with Gasteiger partial charge in [-0.1, -0.05) is 103 Å². The van der Waals surface area contributed by atoms with Crippen molar-refractivity contribution in [3.63, 3.8) is 0 Å². The molecule has 2 aliphatic heterocycles. The van der Waals surface area contributed by atoms with E-state index in [0.29, 0.717) is 53.5 Å². The molecule has 8 rings (SSSR count). The van der Waals surface area contributed by atoms with Gasteiger partial charge in [-0.3, -0.25) is 14.7 Å². The van der Waals surface area contributed by atoms with E-state index in [9.17, 15) is 9.59 Å². The first kappa shape index (κ1) is 42.8. The van der Waals surface area contributed by atoms with E-state index < -0.39 is 18.1 Å². The lowest BCUT2D eigenvalue weighted by Crippen LogP contribution is -2.55. The highest BCUT2D eigenvalue weighted by atomic mass is 35.5. The Morgan fingerprint density at radius 3 is 2.40 bits per heavy atom. The lowest BCUT2D eigenvalue weighted by atomic mass is 9.89. The minimum Gasteiger partial charge on any atom is -0.489 e. The van der Waals surface area contributed by atoms with Crippen molar-refractivity contribution in [1.29, 1.82) is 0 Å². The molecule has 11 heteroatoms. The number of esters is 1. The van der Waals surface area contributed by atoms with E-state index in [1.54, 1.807) is 12.1 Å². The van der Waals surface area contributed by atoms with Gasteiger partial charge in [0.25, 0.3) is 0 Å². The number of ether oxygens (including phenoxy) is 4. The number of hydrogen-bond acceptors (Lipinski definition) is 8. The van der Waals surface area contributed by atoms with Crippen LogP contribution in [0, 0.1) is 13.8 Å². The van der Waals surface area contributed by atoms with Gasteiger partial charge >= 0.3 is 5.97 Å². The van der Waals surface area contributed by atoms with Gasteiger partial charge in [-0.25, -0.2) is 4.79 Å². The Labute approximate surface area is 372 Å². The van der Waals surface area contributed by atoms with Crippen LogP contribution in [0.3, 0.4) is 0 Å². The Hall–Kier alpha value is -5.87. The van der Waals surface area contributed by atoms with Crippen molar-refractivity contribution in [2.75, 3.05) is 13.7 Å². The SMILES string of the molecule is CC[C@@H](c1ccccc1)N1Cc2cc3c(cc2C[C@H]1C(=O)N[C@@H](Cc1ccc(-c2ccnc(C)c2C)cc1)C(=O)OC)OC[C@H](c1cccc(OCc2ccc(Cl)c(Cl)c2)c1)O3. The summed E-state index contributed by atoms with van der Waals surface area (Å²) in [5.74, 6) is 1.22. The summed E-state index contributed by atoms with van der Waals surface area (Å²) >= 11 is 12.3. The summed E-state index contributed by atoms with van der Waals surface area (Å²) in [6.07, 6.45) is 2.90. The lowest BCUT2D eigenvalue weighted by molar-refractivity contribution is -0.146. The Balaban J connectivity index is 1.02. The molecular weight excluding hydrogens is 821 g/mol. The number of fused-ring (bicyclic) bond motifs is 2. The third kappa shape index (κ3) is 9.45. The second-order valence-corrected chi connectivity index (χ2v) is 16.7. The number of halogens is 2. The van der Waals surface area contributed by atoms with Crippen LogP contribution in [0.1, 0.15) is 70.1 Å². The van der Waals surface area contributed by atoms with Crippen molar-refractivity contribution >= 4 is 35.1 Å². The number of hydrogen-bond donors (Lipinski definition) is 1. The van der Waals surface area contributed by atoms with E-state index in [2.05, 4.69) is 47.2 Å². The summed E-state index contributed by atoms with van der Waals surface area (Å²) < 4.78 is 24.4. The monoisotopic (exact) mass is 869 g/mol. The van der Waals surface area contributed by atoms with E-state index in [-0.39, 0.29) is 24.5 Å². The molecule has 1 N–H and O–H groups in total. The number of aromatic nitrogens is 1. The molecule has 0 spiro atoms. The van der Waals surface area contributed by atoms with Gasteiger partial charge in [-0.2, -0.15) is 0 Å². The van der Waals surface area contributed by atoms with Crippen LogP contribution in [0.4, 0.5) is 0 Å². The Morgan fingerprint density at radius 2 is 1.65 bits per heavy atom. The largest absolute Gasteiger partial charge is 0.489 e. The topological polar surface area (TPSA) is 99.2 Å². The van der Waals surface area contributed by atoms with Gasteiger partial charge in [0.15, 0.2) is 17.6 Å². The third-order valence-electron chi connectivity index (χ3n) is 11.9. The van der Waals surface area contributed by atoms with Gasteiger partial charge in [0.1, 0.15) is 25.0 Å². The van der Waals surface area contributed by atoms with Crippen LogP contribution in [0.25, 0.3) is 11.1 Å². The molecule has 1 aromatic heterocycles. The average molecular weight is 871 g/mol. The Bertz CT molecular complexity index is 2570. The number of pyridine rings is 1. The maximum Gasteiger partial charge on any atom is 0.328 e. The molecule has 2 aliphatic rings. The Kier molecular flexibility index (Phi) is 13.1. The number of nitrogens with zero attached hydrogens (tertiary/aromatic N) is 2. The summed E-state index contributed by atoms with van der Waals surface area (Å²) in [4.78, 5) is 34.6. The van der Waals surface area contributed by atoms with Crippen LogP contribution >= 0.6 is 23.2 Å². The number of rotatable bonds is 13. The van der Waals surface area contributed by atoms with Crippen molar-refractivity contribution in [2.45, 2.75) is 77.4 Å². The maximum absolute atomic E-state index is 14.6. The van der Waals surface area contributed by atoms with Gasteiger partial charge in [0, 0.05) is 30.9 Å². The molecule has 0 saturated heterocycles. The van der Waals surface area contributed by atoms with E-state index in [4.69, 9.17) is 42.1 Å². The lowest BCUT2D eigenvalue weighted by Gasteiger charge is -2.42. The smallest absolute Gasteiger partial charge is 0.328 e. The quantitative estimate of drug-likeness (QED) is 0.115. The molecule has 6 aromatic rings. The molecule has 0 unspecified atom stereocenters. The maximum atomic E-state index is 14.6. The minimum absolute atomic E-state index is 0.0721. The normalized spacial score (nSPS) is 16.7. The summed E-state index contributed by atoms with van der Waals surface area (Å²) in [7, 11) is 1.35. The molecule has 0 fully saturated rings. The molecule has 0 radical (unpaired) electrons. The zero-order valence-corrected chi connectivity index (χ0v) is 36.7. The minimum atomic E-state index is -0.889. The van der Waals surface area contributed by atoms with Crippen molar-refractivity contribution in [2.24, 2.45) is 0 Å². The molecule has 5 aromatic carbocycles. The van der Waals surface area contributed by atoms with Crippen molar-refractivity contribution < 1.29 is 28.5 Å². The van der Waals surface area contributed by atoms with E-state index in [1.807, 2.05) is 98.0 Å². The zero-order valence-electron chi connectivity index (χ0n) is 35.2. The third-order valence-corrected chi connectivity index (χ3v) is 12.7. The van der Waals surface area contributed by atoms with Crippen LogP contribution in [0.15, 0.2) is 121 Å². The first-order valence-electron chi connectivity index (χ1n) is 20.9. The van der Waals surface area contributed by atoms with Crippen LogP contribution in [0.2, 0.25) is 10.0 Å². The van der Waals surface area contributed by atoms with Crippen molar-refractivity contribution in [3.8, 4) is 28.4 Å². The van der Waals surface area contributed by atoms with Crippen molar-refractivity contribution in [1.82, 2.24) is 15.2 Å². The molecule has 0 saturated carbocycles. The molecule has 0 aliphatic carbocycles. The van der Waals surface area contributed by atoms with Gasteiger partial charge in [0.2, 0.25) is 5.91 Å². The van der Waals surface area contributed by atoms with Crippen LogP contribution in [0.5, 0.6) is 17.2 Å². The fraction of sp³-hybridized carbons (Fsp3) is 0.275. The highest BCUT2D eigenvalue weighted by Gasteiger charge is 2.39. The fourth-order valence-corrected chi connectivity index (χ4v) is 8.78. The number of methoxy groups -OCH3 is 1. The molecule has 4 atom stereocenters. The molecular formula is C51H49Cl2N3O6. The van der Waals surface area contributed by atoms with Crippen LogP contribution in [-0.2, 0) is 40.3 Å². The molecule has 318 valence electrons. The van der Waals surface area contributed by atoms with Gasteiger partial charge < -0.3 is 24.3 Å². The van der Waals surface area contributed by atoms with Gasteiger partial charge in [0.05, 0.1) is 23.2 Å². The summed E-state index contributed by atoms with van der Waals surface area (Å²) in [5, 5.41) is 4.09. The number of amides is 1. The summed E-state index contributed by atoms with van der Waals surface area (Å²) in [5.41, 5.74) is 10.1. The van der Waals surface area contributed by atoms with Gasteiger partial charge in [-0.15, -0.1) is 0 Å². The zero-order chi connectivity index (χ0) is 43.3. The van der Waals surface area contributed by atoms with E-state index in [0.717, 1.165) is 62.2 Å². The predicted octanol–water partition coefficient (Wildman–Crippen LogP) is 10.5. The molecule has 62 heavy (non-hydrogen) atoms. The first-order valence-corrected chi connectivity index (χ1v) is 21.7. The molecule has 1 amide bonds. The second kappa shape index (κ2) is 19.0. The summed E-state index contributed by atoms with van der Waals surface area (Å²) in [6.45, 7) is 7.31. The second-order valence-electron chi connectivity index (χ2n) is 15.9. The highest BCUT2D eigenvalue weighted by molar-refractivity contribution is 6.42. The average Bonchev–Trinajstić information content (AvgIpc) is 3.29. The number of benzene rings is 5. The number of nitrogens with one attached hydrogen (secondary N) is 1. The molecule has 9 nitrogen and oxygen atoms in total. The van der Waals surface area contributed by atoms with Gasteiger partial charge in [-0.05, 0) is 119 Å². The van der Waals surface area contributed by atoms with E-state index >= 15 is 0 Å². The molecule has 3 heterocycles. The number of carbonyl (C=O) groups excluding carboxylic acids is 2. The number of carbonyl (C=O) groups is 2. The molecule has 0 bridgehead atoms. The first-order chi connectivity index (χ1) is 30.1. The summed E-state index contributed by atoms with van der Waals surface area (Å²) in [6, 6.07) is 36.1. The van der Waals surface area contributed by atoms with Crippen molar-refractivity contribution in [3.05, 3.63) is 176 Å². The number of aryl methyl sites for hydroxylation is 1. The Morgan fingerprint density at radius 1 is 0.871 bits per heavy atom. The highest BCUT2D eigenvalue weighted by Crippen LogP contribution is 2.43. The standard InChI is InChI=1S/C51H49Cl2N3O6/c1-5-45(36-10-7-6-8-11-36)56-28-39-27-48-47(61-30-49(62-48)37-12-9-13-40(24-37)60-29-34-16-19-42(52)43(53)22-34)26-38(39)25-46(56)50(57)55-44(51(58)59-4)23-33-14-17-35(18-15-33)41-20-21-54-32(3)31(41)2/h6-22,24,26-27,44-46,49H,5,23,25,28-30H2,1-4H3,(H,55,57)/t44-,45-,46-,49+/m0/s1. The van der Waals surface area contributed by atoms with Crippen LogP contribution < -0.4 is 19.5 Å². The van der Waals surface area contributed by atoms with Crippen LogP contribution in [-0.4, -0.2) is 47.6 Å².